The van der Waals surface area contributed by atoms with Crippen LogP contribution in [-0.4, -0.2) is 29.5 Å². The molecular formula is C12H14N2O3. The van der Waals surface area contributed by atoms with Crippen molar-refractivity contribution in [3.05, 3.63) is 29.8 Å². The maximum atomic E-state index is 11.5. The Bertz CT molecular complexity index is 442. The van der Waals surface area contributed by atoms with Crippen molar-refractivity contribution in [3.63, 3.8) is 0 Å². The Morgan fingerprint density at radius 3 is 2.59 bits per heavy atom. The quantitative estimate of drug-likeness (QED) is 0.708. The van der Waals surface area contributed by atoms with Crippen molar-refractivity contribution in [2.75, 3.05) is 11.4 Å². The maximum Gasteiger partial charge on any atom is 0.249 e. The number of aliphatic hydroxyl groups excluding tert-OH is 1. The molecule has 5 nitrogen and oxygen atoms in total. The molecule has 0 bridgehead atoms. The van der Waals surface area contributed by atoms with Crippen LogP contribution in [0, 0.1) is 0 Å². The van der Waals surface area contributed by atoms with Gasteiger partial charge in [-0.15, -0.1) is 0 Å². The zero-order valence-electron chi connectivity index (χ0n) is 9.51. The van der Waals surface area contributed by atoms with Crippen LogP contribution in [0.25, 0.3) is 0 Å². The summed E-state index contributed by atoms with van der Waals surface area (Å²) in [4.78, 5) is 24.5. The summed E-state index contributed by atoms with van der Waals surface area (Å²) in [5, 5.41) is 11.2. The van der Waals surface area contributed by atoms with Gasteiger partial charge in [-0.1, -0.05) is 12.1 Å². The van der Waals surface area contributed by atoms with Crippen LogP contribution in [0.2, 0.25) is 0 Å². The van der Waals surface area contributed by atoms with Crippen molar-refractivity contribution in [2.45, 2.75) is 19.6 Å². The third-order valence-electron chi connectivity index (χ3n) is 2.87. The summed E-state index contributed by atoms with van der Waals surface area (Å²) in [6, 6.07) is 6.78. The first-order valence-corrected chi connectivity index (χ1v) is 5.42. The Labute approximate surface area is 99.0 Å². The summed E-state index contributed by atoms with van der Waals surface area (Å²) in [5.41, 5.74) is 1.60. The highest BCUT2D eigenvalue weighted by atomic mass is 16.3. The van der Waals surface area contributed by atoms with Gasteiger partial charge in [0, 0.05) is 5.69 Å². The normalized spacial score (nSPS) is 20.4. The summed E-state index contributed by atoms with van der Waals surface area (Å²) in [7, 11) is 0. The predicted molar refractivity (Wildman–Crippen MR) is 62.3 cm³/mol. The van der Waals surface area contributed by atoms with Crippen molar-refractivity contribution in [1.29, 1.82) is 0 Å². The van der Waals surface area contributed by atoms with Gasteiger partial charge in [0.25, 0.3) is 0 Å². The van der Waals surface area contributed by atoms with Gasteiger partial charge in [0.15, 0.2) is 0 Å². The molecule has 1 fully saturated rings. The molecule has 0 saturated carbocycles. The van der Waals surface area contributed by atoms with E-state index in [0.717, 1.165) is 11.3 Å². The van der Waals surface area contributed by atoms with E-state index < -0.39 is 0 Å². The van der Waals surface area contributed by atoms with Crippen molar-refractivity contribution >= 4 is 17.5 Å². The number of nitrogens with zero attached hydrogens (tertiary/aromatic N) is 1. The van der Waals surface area contributed by atoms with E-state index in [2.05, 4.69) is 5.32 Å². The van der Waals surface area contributed by atoms with E-state index in [-0.39, 0.29) is 31.0 Å². The Morgan fingerprint density at radius 2 is 2.00 bits per heavy atom. The monoisotopic (exact) mass is 234 g/mol. The Morgan fingerprint density at radius 1 is 1.35 bits per heavy atom. The average Bonchev–Trinajstić information content (AvgIpc) is 2.34. The molecule has 90 valence electrons. The summed E-state index contributed by atoms with van der Waals surface area (Å²) in [5.74, 6) is -0.577. The number of imide groups is 1. The Kier molecular flexibility index (Phi) is 3.10. The van der Waals surface area contributed by atoms with Gasteiger partial charge in [-0.25, -0.2) is 0 Å². The number of benzene rings is 1. The van der Waals surface area contributed by atoms with E-state index >= 15 is 0 Å². The molecule has 5 heteroatoms. The first kappa shape index (κ1) is 11.6. The lowest BCUT2D eigenvalue weighted by Gasteiger charge is -2.33. The van der Waals surface area contributed by atoms with Crippen LogP contribution in [0.4, 0.5) is 5.69 Å². The summed E-state index contributed by atoms with van der Waals surface area (Å²) in [6.45, 7) is 1.91. The summed E-state index contributed by atoms with van der Waals surface area (Å²) >= 11 is 0. The molecule has 17 heavy (non-hydrogen) atoms. The Hall–Kier alpha value is -1.88. The highest BCUT2D eigenvalue weighted by Crippen LogP contribution is 2.19. The minimum Gasteiger partial charge on any atom is -0.392 e. The van der Waals surface area contributed by atoms with Crippen molar-refractivity contribution in [1.82, 2.24) is 5.32 Å². The number of anilines is 1. The lowest BCUT2D eigenvalue weighted by Crippen LogP contribution is -2.57. The van der Waals surface area contributed by atoms with Crippen LogP contribution < -0.4 is 10.2 Å². The summed E-state index contributed by atoms with van der Waals surface area (Å²) < 4.78 is 0. The molecule has 0 aliphatic carbocycles. The number of piperazine rings is 1. The Balaban J connectivity index is 2.24. The van der Waals surface area contributed by atoms with Gasteiger partial charge < -0.3 is 10.0 Å². The topological polar surface area (TPSA) is 69.6 Å². The lowest BCUT2D eigenvalue weighted by molar-refractivity contribution is -0.132. The predicted octanol–water partition coefficient (Wildman–Crippen LogP) is 0.0302. The van der Waals surface area contributed by atoms with Crippen LogP contribution in [0.5, 0.6) is 0 Å². The summed E-state index contributed by atoms with van der Waals surface area (Å²) in [6.07, 6.45) is 0. The highest BCUT2D eigenvalue weighted by Gasteiger charge is 2.30. The molecular weight excluding hydrogens is 220 g/mol. The molecule has 1 aromatic carbocycles. The maximum absolute atomic E-state index is 11.5. The van der Waals surface area contributed by atoms with Gasteiger partial charge in [0.1, 0.15) is 6.04 Å². The third-order valence-corrected chi connectivity index (χ3v) is 2.87. The fraction of sp³-hybridized carbons (Fsp3) is 0.333. The van der Waals surface area contributed by atoms with E-state index in [1.807, 2.05) is 0 Å². The van der Waals surface area contributed by atoms with Gasteiger partial charge in [0.2, 0.25) is 11.8 Å². The molecule has 1 aliphatic heterocycles. The third kappa shape index (κ3) is 2.29. The van der Waals surface area contributed by atoms with Crippen molar-refractivity contribution in [3.8, 4) is 0 Å². The molecule has 1 saturated heterocycles. The molecule has 2 rings (SSSR count). The molecule has 0 spiro atoms. The number of carbonyl (C=O) groups excluding carboxylic acids is 2. The van der Waals surface area contributed by atoms with Gasteiger partial charge in [-0.2, -0.15) is 0 Å². The molecule has 2 amide bonds. The number of hydrogen-bond donors (Lipinski definition) is 2. The number of nitrogens with one attached hydrogen (secondary N) is 1. The number of carbonyl (C=O) groups is 2. The zero-order chi connectivity index (χ0) is 12.4. The molecule has 0 radical (unpaired) electrons. The van der Waals surface area contributed by atoms with Crippen molar-refractivity contribution in [2.24, 2.45) is 0 Å². The molecule has 1 heterocycles. The van der Waals surface area contributed by atoms with Crippen LogP contribution >= 0.6 is 0 Å². The second-order valence-corrected chi connectivity index (χ2v) is 4.04. The highest BCUT2D eigenvalue weighted by molar-refractivity contribution is 6.04. The smallest absolute Gasteiger partial charge is 0.249 e. The van der Waals surface area contributed by atoms with E-state index in [4.69, 9.17) is 5.11 Å². The number of rotatable bonds is 2. The van der Waals surface area contributed by atoms with E-state index in [0.29, 0.717) is 0 Å². The second kappa shape index (κ2) is 4.55. The minimum atomic E-state index is -0.368. The zero-order valence-corrected chi connectivity index (χ0v) is 9.51. The fourth-order valence-electron chi connectivity index (χ4n) is 1.82. The largest absolute Gasteiger partial charge is 0.392 e. The van der Waals surface area contributed by atoms with Crippen molar-refractivity contribution < 1.29 is 14.7 Å². The van der Waals surface area contributed by atoms with Crippen LogP contribution in [0.15, 0.2) is 24.3 Å². The standard InChI is InChI=1S/C12H14N2O3/c1-8-12(17)13-11(16)6-14(8)10-4-2-9(7-15)3-5-10/h2-5,8,15H,6-7H2,1H3,(H,13,16,17). The van der Waals surface area contributed by atoms with E-state index in [9.17, 15) is 9.59 Å². The second-order valence-electron chi connectivity index (χ2n) is 4.04. The number of amides is 2. The lowest BCUT2D eigenvalue weighted by atomic mass is 10.1. The number of aliphatic hydroxyl groups is 1. The fourth-order valence-corrected chi connectivity index (χ4v) is 1.82. The first-order valence-electron chi connectivity index (χ1n) is 5.42. The number of hydrogen-bond acceptors (Lipinski definition) is 4. The molecule has 1 aliphatic rings. The van der Waals surface area contributed by atoms with Crippen LogP contribution in [-0.2, 0) is 16.2 Å². The van der Waals surface area contributed by atoms with Gasteiger partial charge >= 0.3 is 0 Å². The van der Waals surface area contributed by atoms with Gasteiger partial charge in [-0.05, 0) is 24.6 Å². The van der Waals surface area contributed by atoms with Gasteiger partial charge in [-0.3, -0.25) is 14.9 Å². The molecule has 2 N–H and O–H groups in total. The van der Waals surface area contributed by atoms with Crippen LogP contribution in [0.3, 0.4) is 0 Å². The molecule has 1 unspecified atom stereocenters. The SMILES string of the molecule is CC1C(=O)NC(=O)CN1c1ccc(CO)cc1. The average molecular weight is 234 g/mol. The van der Waals surface area contributed by atoms with E-state index in [1.54, 1.807) is 36.1 Å². The molecule has 0 aromatic heterocycles. The molecule has 1 atom stereocenters. The minimum absolute atomic E-state index is 0.0186. The molecule has 1 aromatic rings. The van der Waals surface area contributed by atoms with Gasteiger partial charge in [0.05, 0.1) is 13.2 Å². The van der Waals surface area contributed by atoms with Crippen LogP contribution in [0.1, 0.15) is 12.5 Å². The first-order chi connectivity index (χ1) is 8.11. The van der Waals surface area contributed by atoms with E-state index in [1.165, 1.54) is 0 Å².